The number of ether oxygens (including phenoxy) is 2. The number of benzene rings is 1. The Hall–Kier alpha value is -2.10. The summed E-state index contributed by atoms with van der Waals surface area (Å²) in [7, 11) is 0. The van der Waals surface area contributed by atoms with Crippen molar-refractivity contribution in [2.24, 2.45) is 0 Å². The summed E-state index contributed by atoms with van der Waals surface area (Å²) in [4.78, 5) is 21.6. The van der Waals surface area contributed by atoms with Crippen LogP contribution >= 0.6 is 0 Å². The molecule has 0 spiro atoms. The van der Waals surface area contributed by atoms with Gasteiger partial charge in [0.15, 0.2) is 0 Å². The van der Waals surface area contributed by atoms with Crippen LogP contribution in [-0.4, -0.2) is 11.9 Å². The molecule has 1 heterocycles. The molecule has 1 aliphatic heterocycles. The van der Waals surface area contributed by atoms with Crippen LogP contribution in [0.1, 0.15) is 0 Å². The second-order valence-corrected chi connectivity index (χ2v) is 2.63. The second kappa shape index (κ2) is 3.33. The molecule has 0 saturated heterocycles. The van der Waals surface area contributed by atoms with Crippen molar-refractivity contribution in [3.05, 3.63) is 42.2 Å². The van der Waals surface area contributed by atoms with Gasteiger partial charge in [-0.25, -0.2) is 9.59 Å². The summed E-state index contributed by atoms with van der Waals surface area (Å²) in [5.41, 5.74) is 0. The molecule has 0 atom stereocenters. The van der Waals surface area contributed by atoms with Crippen LogP contribution in [0.3, 0.4) is 0 Å². The summed E-state index contributed by atoms with van der Waals surface area (Å²) >= 11 is 0. The highest BCUT2D eigenvalue weighted by atomic mass is 16.6. The van der Waals surface area contributed by atoms with Crippen LogP contribution in [-0.2, 0) is 14.3 Å². The summed E-state index contributed by atoms with van der Waals surface area (Å²) in [5, 5.41) is 0. The van der Waals surface area contributed by atoms with Gasteiger partial charge in [-0.15, -0.1) is 0 Å². The van der Waals surface area contributed by atoms with Gasteiger partial charge in [-0.05, 0) is 12.1 Å². The third kappa shape index (κ3) is 1.64. The average molecular weight is 190 g/mol. The molecular weight excluding hydrogens is 184 g/mol. The molecule has 1 aromatic rings. The quantitative estimate of drug-likeness (QED) is 0.516. The molecule has 4 heteroatoms. The number of carbonyl (C=O) groups excluding carboxylic acids is 2. The Morgan fingerprint density at radius 2 is 1.79 bits per heavy atom. The van der Waals surface area contributed by atoms with E-state index >= 15 is 0 Å². The number of hydrogen-bond donors (Lipinski definition) is 0. The lowest BCUT2D eigenvalue weighted by Crippen LogP contribution is -2.06. The molecule has 0 fully saturated rings. The summed E-state index contributed by atoms with van der Waals surface area (Å²) < 4.78 is 9.37. The molecule has 70 valence electrons. The molecule has 0 aromatic heterocycles. The average Bonchev–Trinajstić information content (AvgIpc) is 2.47. The lowest BCUT2D eigenvalue weighted by molar-refractivity contribution is -0.151. The van der Waals surface area contributed by atoms with Crippen LogP contribution in [0.25, 0.3) is 0 Å². The zero-order valence-electron chi connectivity index (χ0n) is 7.10. The fraction of sp³-hybridized carbons (Fsp3) is 0. The molecule has 0 amide bonds. The van der Waals surface area contributed by atoms with Crippen LogP contribution in [0.15, 0.2) is 42.2 Å². The standard InChI is InChI=1S/C10H6O4/c11-9-6-8(10(12)14-9)13-7-4-2-1-3-5-7/h1-6H. The van der Waals surface area contributed by atoms with Crippen LogP contribution in [0, 0.1) is 0 Å². The van der Waals surface area contributed by atoms with Gasteiger partial charge < -0.3 is 9.47 Å². The van der Waals surface area contributed by atoms with Crippen LogP contribution in [0.2, 0.25) is 0 Å². The summed E-state index contributed by atoms with van der Waals surface area (Å²) in [6.07, 6.45) is 1.02. The maximum Gasteiger partial charge on any atom is 0.382 e. The van der Waals surface area contributed by atoms with Crippen molar-refractivity contribution in [2.75, 3.05) is 0 Å². The number of esters is 2. The van der Waals surface area contributed by atoms with E-state index in [-0.39, 0.29) is 5.76 Å². The van der Waals surface area contributed by atoms with Gasteiger partial charge in [-0.1, -0.05) is 18.2 Å². The SMILES string of the molecule is O=C1C=C(Oc2ccccc2)C(=O)O1. The maximum atomic E-state index is 11.0. The van der Waals surface area contributed by atoms with Crippen molar-refractivity contribution in [1.29, 1.82) is 0 Å². The molecule has 0 saturated carbocycles. The van der Waals surface area contributed by atoms with Crippen LogP contribution in [0.5, 0.6) is 5.75 Å². The molecule has 14 heavy (non-hydrogen) atoms. The molecule has 0 radical (unpaired) electrons. The molecular formula is C10H6O4. The predicted octanol–water partition coefficient (Wildman–Crippen LogP) is 1.03. The van der Waals surface area contributed by atoms with Crippen molar-refractivity contribution in [3.8, 4) is 5.75 Å². The van der Waals surface area contributed by atoms with E-state index in [1.165, 1.54) is 0 Å². The van der Waals surface area contributed by atoms with E-state index in [1.54, 1.807) is 24.3 Å². The van der Waals surface area contributed by atoms with Crippen LogP contribution < -0.4 is 4.74 Å². The predicted molar refractivity (Wildman–Crippen MR) is 46.3 cm³/mol. The normalized spacial score (nSPS) is 15.0. The van der Waals surface area contributed by atoms with Gasteiger partial charge in [0.05, 0.1) is 6.08 Å². The topological polar surface area (TPSA) is 52.6 Å². The number of para-hydroxylation sites is 1. The number of rotatable bonds is 2. The van der Waals surface area contributed by atoms with Crippen molar-refractivity contribution < 1.29 is 19.1 Å². The minimum Gasteiger partial charge on any atom is -0.449 e. The van der Waals surface area contributed by atoms with E-state index in [4.69, 9.17) is 4.74 Å². The molecule has 0 N–H and O–H groups in total. The Balaban J connectivity index is 2.16. The van der Waals surface area contributed by atoms with Gasteiger partial charge in [0, 0.05) is 0 Å². The van der Waals surface area contributed by atoms with Gasteiger partial charge in [0.2, 0.25) is 5.76 Å². The van der Waals surface area contributed by atoms with E-state index in [0.717, 1.165) is 6.08 Å². The third-order valence-electron chi connectivity index (χ3n) is 1.61. The first-order valence-corrected chi connectivity index (χ1v) is 3.96. The van der Waals surface area contributed by atoms with E-state index in [1.807, 2.05) is 6.07 Å². The summed E-state index contributed by atoms with van der Waals surface area (Å²) in [6, 6.07) is 8.70. The zero-order chi connectivity index (χ0) is 9.97. The molecule has 0 bridgehead atoms. The molecule has 0 unspecified atom stereocenters. The Morgan fingerprint density at radius 3 is 2.36 bits per heavy atom. The summed E-state index contributed by atoms with van der Waals surface area (Å²) in [6.45, 7) is 0. The molecule has 1 aromatic carbocycles. The van der Waals surface area contributed by atoms with Crippen molar-refractivity contribution in [2.45, 2.75) is 0 Å². The summed E-state index contributed by atoms with van der Waals surface area (Å²) in [5.74, 6) is -1.04. The number of carbonyl (C=O) groups is 2. The Morgan fingerprint density at radius 1 is 1.07 bits per heavy atom. The van der Waals surface area contributed by atoms with Crippen molar-refractivity contribution >= 4 is 11.9 Å². The zero-order valence-corrected chi connectivity index (χ0v) is 7.10. The Kier molecular flexibility index (Phi) is 2.02. The van der Waals surface area contributed by atoms with Gasteiger partial charge in [0.1, 0.15) is 5.75 Å². The van der Waals surface area contributed by atoms with Gasteiger partial charge in [0.25, 0.3) is 0 Å². The Bertz CT molecular complexity index is 405. The first kappa shape index (κ1) is 8.50. The third-order valence-corrected chi connectivity index (χ3v) is 1.61. The molecule has 4 nitrogen and oxygen atoms in total. The largest absolute Gasteiger partial charge is 0.449 e. The lowest BCUT2D eigenvalue weighted by Gasteiger charge is -2.01. The minimum absolute atomic E-state index is 0.0822. The first-order valence-electron chi connectivity index (χ1n) is 3.96. The smallest absolute Gasteiger partial charge is 0.382 e. The molecule has 2 rings (SSSR count). The lowest BCUT2D eigenvalue weighted by atomic mass is 10.3. The maximum absolute atomic E-state index is 11.0. The van der Waals surface area contributed by atoms with Crippen molar-refractivity contribution in [1.82, 2.24) is 0 Å². The minimum atomic E-state index is -0.751. The second-order valence-electron chi connectivity index (χ2n) is 2.63. The van der Waals surface area contributed by atoms with Gasteiger partial charge >= 0.3 is 11.9 Å². The van der Waals surface area contributed by atoms with Gasteiger partial charge in [-0.2, -0.15) is 0 Å². The van der Waals surface area contributed by atoms with Gasteiger partial charge in [-0.3, -0.25) is 0 Å². The highest BCUT2D eigenvalue weighted by molar-refractivity contribution is 6.07. The number of hydrogen-bond acceptors (Lipinski definition) is 4. The molecule has 0 aliphatic carbocycles. The molecule has 1 aliphatic rings. The Labute approximate surface area is 79.7 Å². The first-order chi connectivity index (χ1) is 6.75. The van der Waals surface area contributed by atoms with Crippen molar-refractivity contribution in [3.63, 3.8) is 0 Å². The van der Waals surface area contributed by atoms with E-state index < -0.39 is 11.9 Å². The van der Waals surface area contributed by atoms with E-state index in [0.29, 0.717) is 5.75 Å². The monoisotopic (exact) mass is 190 g/mol. The highest BCUT2D eigenvalue weighted by Crippen LogP contribution is 2.16. The van der Waals surface area contributed by atoms with E-state index in [9.17, 15) is 9.59 Å². The van der Waals surface area contributed by atoms with E-state index in [2.05, 4.69) is 4.74 Å². The fourth-order valence-corrected chi connectivity index (χ4v) is 1.02. The highest BCUT2D eigenvalue weighted by Gasteiger charge is 2.25. The fourth-order valence-electron chi connectivity index (χ4n) is 1.02. The van der Waals surface area contributed by atoms with Crippen LogP contribution in [0.4, 0.5) is 0 Å². The number of cyclic esters (lactones) is 2.